The number of nitrogens with zero attached hydrogens (tertiary/aromatic N) is 1. The number of pyridine rings is 1. The highest BCUT2D eigenvalue weighted by atomic mass is 79.9. The van der Waals surface area contributed by atoms with Crippen molar-refractivity contribution in [2.75, 3.05) is 0 Å². The Morgan fingerprint density at radius 3 is 2.56 bits per heavy atom. The molecule has 0 aliphatic rings. The number of thiophene rings is 1. The number of rotatable bonds is 2. The summed E-state index contributed by atoms with van der Waals surface area (Å²) in [6.45, 7) is 0. The molecule has 0 spiro atoms. The third kappa shape index (κ3) is 3.56. The van der Waals surface area contributed by atoms with E-state index in [1.807, 2.05) is 35.2 Å². The van der Waals surface area contributed by atoms with Crippen LogP contribution < -0.4 is 0 Å². The number of nitrogens with one attached hydrogen (secondary N) is 1. The van der Waals surface area contributed by atoms with Crippen molar-refractivity contribution in [3.8, 4) is 11.3 Å². The number of H-pyrrole nitrogens is 1. The standard InChI is InChI=1S/C17H11BrN2.C5H4OS/c18-14-8-4-10-19-17(14)13-7-3-6-12-11-5-1-2-9-15(11)20-16(12)13;6-3-5-1-2-7-4-5/h1-10,20H;1-4H. The number of aromatic amines is 1. The van der Waals surface area contributed by atoms with E-state index in [0.717, 1.165) is 38.6 Å². The summed E-state index contributed by atoms with van der Waals surface area (Å²) in [6.07, 6.45) is 2.66. The highest BCUT2D eigenvalue weighted by Crippen LogP contribution is 2.34. The molecule has 132 valence electrons. The van der Waals surface area contributed by atoms with Crippen LogP contribution in [-0.4, -0.2) is 16.3 Å². The van der Waals surface area contributed by atoms with E-state index in [1.54, 1.807) is 6.07 Å². The van der Waals surface area contributed by atoms with Gasteiger partial charge in [-0.3, -0.25) is 9.78 Å². The van der Waals surface area contributed by atoms with Gasteiger partial charge in [-0.2, -0.15) is 11.3 Å². The number of carbonyl (C=O) groups excluding carboxylic acids is 1. The molecule has 0 saturated heterocycles. The minimum absolute atomic E-state index is 0.769. The monoisotopic (exact) mass is 434 g/mol. The quantitative estimate of drug-likeness (QED) is 0.314. The predicted molar refractivity (Wildman–Crippen MR) is 116 cm³/mol. The molecule has 3 nitrogen and oxygen atoms in total. The first-order valence-corrected chi connectivity index (χ1v) is 10.1. The molecule has 0 fully saturated rings. The lowest BCUT2D eigenvalue weighted by Gasteiger charge is -2.04. The van der Waals surface area contributed by atoms with Gasteiger partial charge in [-0.1, -0.05) is 36.4 Å². The molecule has 0 radical (unpaired) electrons. The fourth-order valence-electron chi connectivity index (χ4n) is 3.00. The number of aldehydes is 1. The third-order valence-corrected chi connectivity index (χ3v) is 5.58. The number of fused-ring (bicyclic) bond motifs is 3. The molecule has 5 heteroatoms. The number of halogens is 1. The maximum Gasteiger partial charge on any atom is 0.150 e. The summed E-state index contributed by atoms with van der Waals surface area (Å²) in [5.74, 6) is 0. The Morgan fingerprint density at radius 1 is 0.963 bits per heavy atom. The van der Waals surface area contributed by atoms with Gasteiger partial charge >= 0.3 is 0 Å². The molecule has 0 atom stereocenters. The normalized spacial score (nSPS) is 10.6. The number of hydrogen-bond acceptors (Lipinski definition) is 3. The van der Waals surface area contributed by atoms with E-state index in [2.05, 4.69) is 62.3 Å². The van der Waals surface area contributed by atoms with Gasteiger partial charge in [0.15, 0.2) is 6.29 Å². The zero-order chi connectivity index (χ0) is 18.6. The van der Waals surface area contributed by atoms with Crippen LogP contribution in [0.5, 0.6) is 0 Å². The van der Waals surface area contributed by atoms with Gasteiger partial charge in [-0.05, 0) is 45.6 Å². The summed E-state index contributed by atoms with van der Waals surface area (Å²) >= 11 is 5.12. The number of hydrogen-bond donors (Lipinski definition) is 1. The number of para-hydroxylation sites is 2. The molecule has 5 aromatic rings. The van der Waals surface area contributed by atoms with Gasteiger partial charge in [0, 0.05) is 43.5 Å². The van der Waals surface area contributed by atoms with E-state index in [-0.39, 0.29) is 0 Å². The van der Waals surface area contributed by atoms with Gasteiger partial charge in [0.25, 0.3) is 0 Å². The molecule has 2 aromatic carbocycles. The number of aromatic nitrogens is 2. The molecule has 0 saturated carbocycles. The first-order chi connectivity index (χ1) is 13.3. The van der Waals surface area contributed by atoms with Crippen molar-refractivity contribution in [1.29, 1.82) is 0 Å². The van der Waals surface area contributed by atoms with Crippen molar-refractivity contribution >= 4 is 55.4 Å². The van der Waals surface area contributed by atoms with Crippen LogP contribution in [-0.2, 0) is 0 Å². The molecular weight excluding hydrogens is 420 g/mol. The van der Waals surface area contributed by atoms with Crippen molar-refractivity contribution < 1.29 is 4.79 Å². The SMILES string of the molecule is Brc1cccnc1-c1cccc2c1[nH]c1ccccc12.O=Cc1ccsc1. The maximum absolute atomic E-state index is 9.87. The topological polar surface area (TPSA) is 45.8 Å². The molecule has 1 N–H and O–H groups in total. The lowest BCUT2D eigenvalue weighted by molar-refractivity contribution is 0.112. The van der Waals surface area contributed by atoms with Crippen molar-refractivity contribution in [2.45, 2.75) is 0 Å². The fraction of sp³-hybridized carbons (Fsp3) is 0. The second-order valence-corrected chi connectivity index (χ2v) is 7.54. The van der Waals surface area contributed by atoms with E-state index in [0.29, 0.717) is 0 Å². The summed E-state index contributed by atoms with van der Waals surface area (Å²) in [4.78, 5) is 17.9. The van der Waals surface area contributed by atoms with E-state index >= 15 is 0 Å². The van der Waals surface area contributed by atoms with Gasteiger partial charge in [0.2, 0.25) is 0 Å². The minimum atomic E-state index is 0.769. The molecule has 0 bridgehead atoms. The Bertz CT molecular complexity index is 1210. The molecule has 0 amide bonds. The fourth-order valence-corrected chi connectivity index (χ4v) is 4.07. The van der Waals surface area contributed by atoms with E-state index < -0.39 is 0 Å². The zero-order valence-corrected chi connectivity index (χ0v) is 16.6. The minimum Gasteiger partial charge on any atom is -0.354 e. The highest BCUT2D eigenvalue weighted by Gasteiger charge is 2.11. The van der Waals surface area contributed by atoms with Crippen LogP contribution in [0.15, 0.2) is 82.1 Å². The van der Waals surface area contributed by atoms with Crippen LogP contribution in [0.4, 0.5) is 0 Å². The smallest absolute Gasteiger partial charge is 0.150 e. The van der Waals surface area contributed by atoms with Crippen LogP contribution in [0.2, 0.25) is 0 Å². The summed E-state index contributed by atoms with van der Waals surface area (Å²) in [5.41, 5.74) is 5.14. The van der Waals surface area contributed by atoms with Crippen molar-refractivity contribution in [3.63, 3.8) is 0 Å². The molecular formula is C22H15BrN2OS. The molecule has 3 aromatic heterocycles. The van der Waals surface area contributed by atoms with Crippen LogP contribution in [0.25, 0.3) is 33.1 Å². The van der Waals surface area contributed by atoms with Crippen LogP contribution in [0, 0.1) is 0 Å². The molecule has 0 unspecified atom stereocenters. The first-order valence-electron chi connectivity index (χ1n) is 8.35. The molecule has 3 heterocycles. The lowest BCUT2D eigenvalue weighted by atomic mass is 10.1. The number of carbonyl (C=O) groups is 1. The van der Waals surface area contributed by atoms with Gasteiger partial charge in [0.05, 0.1) is 11.2 Å². The summed E-state index contributed by atoms with van der Waals surface area (Å²) in [6, 6.07) is 20.4. The lowest BCUT2D eigenvalue weighted by Crippen LogP contribution is -1.85. The van der Waals surface area contributed by atoms with Crippen LogP contribution >= 0.6 is 27.3 Å². The average molecular weight is 435 g/mol. The van der Waals surface area contributed by atoms with Crippen molar-refractivity contribution in [2.24, 2.45) is 0 Å². The van der Waals surface area contributed by atoms with Crippen molar-refractivity contribution in [1.82, 2.24) is 9.97 Å². The maximum atomic E-state index is 9.87. The first kappa shape index (κ1) is 17.6. The van der Waals surface area contributed by atoms with Crippen LogP contribution in [0.1, 0.15) is 10.4 Å². The Morgan fingerprint density at radius 2 is 1.81 bits per heavy atom. The summed E-state index contributed by atoms with van der Waals surface area (Å²) < 4.78 is 1.01. The van der Waals surface area contributed by atoms with Gasteiger partial charge < -0.3 is 4.98 Å². The largest absolute Gasteiger partial charge is 0.354 e. The summed E-state index contributed by atoms with van der Waals surface area (Å²) in [7, 11) is 0. The van der Waals surface area contributed by atoms with E-state index in [9.17, 15) is 4.79 Å². The average Bonchev–Trinajstić information content (AvgIpc) is 3.36. The van der Waals surface area contributed by atoms with Gasteiger partial charge in [0.1, 0.15) is 0 Å². The Labute approximate surface area is 168 Å². The Kier molecular flexibility index (Phi) is 5.14. The molecule has 27 heavy (non-hydrogen) atoms. The molecule has 5 rings (SSSR count). The summed E-state index contributed by atoms with van der Waals surface area (Å²) in [5, 5.41) is 6.17. The zero-order valence-electron chi connectivity index (χ0n) is 14.2. The predicted octanol–water partition coefficient (Wildman–Crippen LogP) is 6.71. The van der Waals surface area contributed by atoms with E-state index in [4.69, 9.17) is 0 Å². The molecule has 0 aliphatic carbocycles. The van der Waals surface area contributed by atoms with Crippen LogP contribution in [0.3, 0.4) is 0 Å². The second kappa shape index (κ2) is 7.86. The van der Waals surface area contributed by atoms with Gasteiger partial charge in [-0.15, -0.1) is 0 Å². The third-order valence-electron chi connectivity index (χ3n) is 4.23. The van der Waals surface area contributed by atoms with Crippen molar-refractivity contribution in [3.05, 3.63) is 87.7 Å². The number of benzene rings is 2. The highest BCUT2D eigenvalue weighted by molar-refractivity contribution is 9.10. The Balaban J connectivity index is 0.000000218. The van der Waals surface area contributed by atoms with E-state index in [1.165, 1.54) is 22.1 Å². The van der Waals surface area contributed by atoms with Gasteiger partial charge in [-0.25, -0.2) is 0 Å². The Hall–Kier alpha value is -2.76. The second-order valence-electron chi connectivity index (χ2n) is 5.91. The molecule has 0 aliphatic heterocycles.